The summed E-state index contributed by atoms with van der Waals surface area (Å²) in [6.45, 7) is 4.30. The molecule has 0 amide bonds. The van der Waals surface area contributed by atoms with Gasteiger partial charge >= 0.3 is 0 Å². The van der Waals surface area contributed by atoms with E-state index in [4.69, 9.17) is 0 Å². The topological polar surface area (TPSA) is 40.5 Å². The van der Waals surface area contributed by atoms with Crippen LogP contribution < -0.4 is 0 Å². The van der Waals surface area contributed by atoms with Crippen molar-refractivity contribution >= 4 is 5.57 Å². The van der Waals surface area contributed by atoms with Gasteiger partial charge in [0, 0.05) is 11.0 Å². The highest BCUT2D eigenvalue weighted by Gasteiger charge is 2.38. The summed E-state index contributed by atoms with van der Waals surface area (Å²) in [7, 11) is 0. The van der Waals surface area contributed by atoms with Crippen molar-refractivity contribution in [2.45, 2.75) is 45.6 Å². The van der Waals surface area contributed by atoms with Gasteiger partial charge in [-0.1, -0.05) is 63.1 Å². The molecule has 1 atom stereocenters. The first-order chi connectivity index (χ1) is 9.64. The van der Waals surface area contributed by atoms with Gasteiger partial charge in [-0.15, -0.1) is 0 Å². The predicted molar refractivity (Wildman–Crippen MR) is 83.5 cm³/mol. The second-order valence-corrected chi connectivity index (χ2v) is 5.63. The molecule has 0 bridgehead atoms. The van der Waals surface area contributed by atoms with Crippen molar-refractivity contribution < 1.29 is 10.2 Å². The second kappa shape index (κ2) is 6.27. The normalized spacial score (nSPS) is 20.8. The van der Waals surface area contributed by atoms with Crippen LogP contribution in [0.3, 0.4) is 0 Å². The molecule has 0 aliphatic heterocycles. The third-order valence-electron chi connectivity index (χ3n) is 4.19. The Hall–Kier alpha value is -1.54. The highest BCUT2D eigenvalue weighted by atomic mass is 16.3. The highest BCUT2D eigenvalue weighted by Crippen LogP contribution is 2.44. The average Bonchev–Trinajstić information content (AvgIpc) is 2.43. The summed E-state index contributed by atoms with van der Waals surface area (Å²) < 4.78 is 0. The number of phenolic OH excluding ortho intramolecular Hbond substituents is 1. The van der Waals surface area contributed by atoms with E-state index in [0.29, 0.717) is 0 Å². The number of aromatic hydroxyl groups is 1. The van der Waals surface area contributed by atoms with E-state index in [9.17, 15) is 10.2 Å². The summed E-state index contributed by atoms with van der Waals surface area (Å²) in [5, 5.41) is 20.9. The fraction of sp³-hybridized carbons (Fsp3) is 0.444. The third-order valence-corrected chi connectivity index (χ3v) is 4.19. The summed E-state index contributed by atoms with van der Waals surface area (Å²) in [5.41, 5.74) is 1.36. The fourth-order valence-corrected chi connectivity index (χ4v) is 3.29. The summed E-state index contributed by atoms with van der Waals surface area (Å²) in [4.78, 5) is 0. The van der Waals surface area contributed by atoms with Gasteiger partial charge in [0.25, 0.3) is 0 Å². The lowest BCUT2D eigenvalue weighted by molar-refractivity contribution is 0.0891. The molecule has 0 fully saturated rings. The molecule has 1 aliphatic carbocycles. The zero-order chi connectivity index (χ0) is 14.6. The quantitative estimate of drug-likeness (QED) is 0.839. The van der Waals surface area contributed by atoms with E-state index in [1.54, 1.807) is 12.1 Å². The Morgan fingerprint density at radius 2 is 1.75 bits per heavy atom. The molecule has 0 saturated heterocycles. The Morgan fingerprint density at radius 1 is 1.10 bits per heavy atom. The number of benzene rings is 1. The number of aliphatic hydroxyl groups excluding tert-OH is 1. The Labute approximate surface area is 121 Å². The minimum absolute atomic E-state index is 0.199. The van der Waals surface area contributed by atoms with Crippen LogP contribution in [0.1, 0.15) is 45.1 Å². The average molecular weight is 272 g/mol. The Bertz CT molecular complexity index is 508. The van der Waals surface area contributed by atoms with Gasteiger partial charge in [-0.05, 0) is 24.5 Å². The molecule has 2 heteroatoms. The van der Waals surface area contributed by atoms with E-state index < -0.39 is 6.10 Å². The molecule has 0 saturated carbocycles. The number of para-hydroxylation sites is 1. The van der Waals surface area contributed by atoms with Gasteiger partial charge in [0.2, 0.25) is 0 Å². The zero-order valence-electron chi connectivity index (χ0n) is 12.3. The van der Waals surface area contributed by atoms with Crippen LogP contribution in [0.5, 0.6) is 5.75 Å². The van der Waals surface area contributed by atoms with E-state index in [-0.39, 0.29) is 11.2 Å². The molecule has 2 N–H and O–H groups in total. The van der Waals surface area contributed by atoms with Crippen molar-refractivity contribution in [3.8, 4) is 5.75 Å². The van der Waals surface area contributed by atoms with Gasteiger partial charge < -0.3 is 10.2 Å². The molecule has 2 rings (SSSR count). The van der Waals surface area contributed by atoms with Crippen molar-refractivity contribution in [1.29, 1.82) is 0 Å². The monoisotopic (exact) mass is 272 g/mol. The Balaban J connectivity index is 2.40. The van der Waals surface area contributed by atoms with Crippen LogP contribution in [0.15, 0.2) is 42.5 Å². The van der Waals surface area contributed by atoms with E-state index in [0.717, 1.165) is 36.8 Å². The van der Waals surface area contributed by atoms with E-state index >= 15 is 0 Å². The molecule has 1 unspecified atom stereocenters. The van der Waals surface area contributed by atoms with Crippen LogP contribution in [0, 0.1) is 5.41 Å². The number of aliphatic hydroxyl groups is 1. The number of phenols is 1. The maximum Gasteiger partial charge on any atom is 0.123 e. The number of hydrogen-bond donors (Lipinski definition) is 2. The molecule has 1 aromatic carbocycles. The van der Waals surface area contributed by atoms with Crippen molar-refractivity contribution in [3.63, 3.8) is 0 Å². The fourth-order valence-electron chi connectivity index (χ4n) is 3.29. The molecule has 0 radical (unpaired) electrons. The first kappa shape index (κ1) is 14.9. The lowest BCUT2D eigenvalue weighted by Gasteiger charge is -2.39. The molecule has 0 aromatic heterocycles. The molecule has 20 heavy (non-hydrogen) atoms. The molecular formula is C18H24O2. The van der Waals surface area contributed by atoms with Gasteiger partial charge in [-0.25, -0.2) is 0 Å². The van der Waals surface area contributed by atoms with Gasteiger partial charge in [0.05, 0.1) is 6.10 Å². The zero-order valence-corrected chi connectivity index (χ0v) is 12.3. The maximum absolute atomic E-state index is 10.9. The van der Waals surface area contributed by atoms with Crippen LogP contribution in [0.4, 0.5) is 0 Å². The first-order valence-corrected chi connectivity index (χ1v) is 7.50. The van der Waals surface area contributed by atoms with Gasteiger partial charge in [0.15, 0.2) is 0 Å². The SMILES string of the molecule is CCCC1(CCC)C=CC=C(c2ccccc2O)C1O. The first-order valence-electron chi connectivity index (χ1n) is 7.50. The number of rotatable bonds is 5. The van der Waals surface area contributed by atoms with Crippen LogP contribution in [0.25, 0.3) is 5.57 Å². The Kier molecular flexibility index (Phi) is 4.66. The molecular weight excluding hydrogens is 248 g/mol. The molecule has 1 aliphatic rings. The van der Waals surface area contributed by atoms with E-state index in [1.165, 1.54) is 0 Å². The van der Waals surface area contributed by atoms with Crippen LogP contribution in [0.2, 0.25) is 0 Å². The smallest absolute Gasteiger partial charge is 0.123 e. The molecule has 108 valence electrons. The minimum atomic E-state index is -0.555. The van der Waals surface area contributed by atoms with Crippen LogP contribution >= 0.6 is 0 Å². The predicted octanol–water partition coefficient (Wildman–Crippen LogP) is 4.29. The van der Waals surface area contributed by atoms with Crippen molar-refractivity contribution in [1.82, 2.24) is 0 Å². The standard InChI is InChI=1S/C18H24O2/c1-3-11-18(12-4-2)13-7-9-15(17(18)20)14-8-5-6-10-16(14)19/h5-10,13,17,19-20H,3-4,11-12H2,1-2H3. The lowest BCUT2D eigenvalue weighted by atomic mass is 9.68. The van der Waals surface area contributed by atoms with Crippen molar-refractivity contribution in [2.24, 2.45) is 5.41 Å². The Morgan fingerprint density at radius 3 is 2.35 bits per heavy atom. The molecule has 1 aromatic rings. The summed E-state index contributed by atoms with van der Waals surface area (Å²) in [6.07, 6.45) is 9.54. The summed E-state index contributed by atoms with van der Waals surface area (Å²) in [6, 6.07) is 7.23. The van der Waals surface area contributed by atoms with Crippen molar-refractivity contribution in [2.75, 3.05) is 0 Å². The lowest BCUT2D eigenvalue weighted by Crippen LogP contribution is -2.36. The van der Waals surface area contributed by atoms with Crippen LogP contribution in [-0.2, 0) is 0 Å². The summed E-state index contributed by atoms with van der Waals surface area (Å²) in [5.74, 6) is 0.231. The minimum Gasteiger partial charge on any atom is -0.507 e. The summed E-state index contributed by atoms with van der Waals surface area (Å²) >= 11 is 0. The largest absolute Gasteiger partial charge is 0.507 e. The molecule has 2 nitrogen and oxygen atoms in total. The van der Waals surface area contributed by atoms with E-state index in [1.807, 2.05) is 24.3 Å². The van der Waals surface area contributed by atoms with Crippen LogP contribution in [-0.4, -0.2) is 16.3 Å². The van der Waals surface area contributed by atoms with Gasteiger partial charge in [-0.3, -0.25) is 0 Å². The van der Waals surface area contributed by atoms with Gasteiger partial charge in [-0.2, -0.15) is 0 Å². The second-order valence-electron chi connectivity index (χ2n) is 5.63. The van der Waals surface area contributed by atoms with Crippen molar-refractivity contribution in [3.05, 3.63) is 48.1 Å². The maximum atomic E-state index is 10.9. The highest BCUT2D eigenvalue weighted by molar-refractivity contribution is 5.76. The van der Waals surface area contributed by atoms with Gasteiger partial charge in [0.1, 0.15) is 5.75 Å². The third kappa shape index (κ3) is 2.66. The van der Waals surface area contributed by atoms with E-state index in [2.05, 4.69) is 19.9 Å². The molecule has 0 heterocycles. The number of hydrogen-bond acceptors (Lipinski definition) is 2. The molecule has 0 spiro atoms. The number of allylic oxidation sites excluding steroid dienone is 2.